The van der Waals surface area contributed by atoms with E-state index in [9.17, 15) is 14.9 Å². The van der Waals surface area contributed by atoms with Crippen molar-refractivity contribution in [1.82, 2.24) is 9.97 Å². The van der Waals surface area contributed by atoms with Crippen molar-refractivity contribution in [3.8, 4) is 17.4 Å². The molecule has 20 heavy (non-hydrogen) atoms. The van der Waals surface area contributed by atoms with Crippen molar-refractivity contribution in [3.63, 3.8) is 0 Å². The van der Waals surface area contributed by atoms with Crippen LogP contribution in [0.5, 0.6) is 17.4 Å². The monoisotopic (exact) mass is 341 g/mol. The molecule has 0 spiro atoms. The summed E-state index contributed by atoms with van der Waals surface area (Å²) in [4.78, 5) is 27.9. The molecule has 0 bridgehead atoms. The van der Waals surface area contributed by atoms with Gasteiger partial charge < -0.3 is 14.5 Å². The summed E-state index contributed by atoms with van der Waals surface area (Å²) in [5.41, 5.74) is -0.746. The van der Waals surface area contributed by atoms with Crippen LogP contribution in [0.1, 0.15) is 0 Å². The minimum absolute atomic E-state index is 0.0464. The number of benzene rings is 1. The number of nitro benzene ring substituents is 1. The quantitative estimate of drug-likeness (QED) is 0.674. The van der Waals surface area contributed by atoms with Crippen LogP contribution in [0.25, 0.3) is 0 Å². The third-order valence-electron chi connectivity index (χ3n) is 2.33. The molecule has 1 N–H and O–H groups in total. The number of rotatable bonds is 4. The number of methoxy groups -OCH3 is 1. The molecular weight excluding hydrogens is 334 g/mol. The second kappa shape index (κ2) is 5.70. The molecule has 1 aromatic heterocycles. The van der Waals surface area contributed by atoms with Crippen LogP contribution in [0.2, 0.25) is 0 Å². The van der Waals surface area contributed by atoms with Crippen molar-refractivity contribution >= 4 is 21.6 Å². The van der Waals surface area contributed by atoms with Crippen molar-refractivity contribution in [1.29, 1.82) is 0 Å². The molecule has 2 aromatic rings. The number of nitrogens with one attached hydrogen (secondary N) is 1. The Bertz CT molecular complexity index is 715. The molecule has 8 nitrogen and oxygen atoms in total. The summed E-state index contributed by atoms with van der Waals surface area (Å²) in [7, 11) is 1.40. The zero-order valence-electron chi connectivity index (χ0n) is 10.1. The normalized spacial score (nSPS) is 10.1. The van der Waals surface area contributed by atoms with Crippen molar-refractivity contribution in [2.45, 2.75) is 0 Å². The SMILES string of the molecule is COc1ccc(Oc2nc[nH]c(=O)c2Br)c([N+](=O)[O-])c1. The number of aromatic nitrogens is 2. The van der Waals surface area contributed by atoms with Gasteiger partial charge in [0.05, 0.1) is 24.4 Å². The van der Waals surface area contributed by atoms with Crippen molar-refractivity contribution in [2.75, 3.05) is 7.11 Å². The Morgan fingerprint density at radius 1 is 1.45 bits per heavy atom. The summed E-state index contributed by atoms with van der Waals surface area (Å²) in [6.07, 6.45) is 1.14. The van der Waals surface area contributed by atoms with E-state index in [0.29, 0.717) is 5.75 Å². The molecule has 1 heterocycles. The van der Waals surface area contributed by atoms with Gasteiger partial charge in [0.15, 0.2) is 0 Å². The summed E-state index contributed by atoms with van der Waals surface area (Å²) in [6, 6.07) is 4.09. The fourth-order valence-electron chi connectivity index (χ4n) is 1.40. The highest BCUT2D eigenvalue weighted by atomic mass is 79.9. The van der Waals surface area contributed by atoms with Gasteiger partial charge in [0.1, 0.15) is 10.2 Å². The van der Waals surface area contributed by atoms with Gasteiger partial charge in [0, 0.05) is 0 Å². The first-order valence-electron chi connectivity index (χ1n) is 5.26. The topological polar surface area (TPSA) is 107 Å². The van der Waals surface area contributed by atoms with E-state index in [1.54, 1.807) is 0 Å². The number of nitrogens with zero attached hydrogens (tertiary/aromatic N) is 2. The average Bonchev–Trinajstić information content (AvgIpc) is 2.44. The van der Waals surface area contributed by atoms with Crippen LogP contribution in [-0.4, -0.2) is 22.0 Å². The molecule has 0 aliphatic rings. The lowest BCUT2D eigenvalue weighted by Crippen LogP contribution is -2.08. The van der Waals surface area contributed by atoms with Crippen molar-refractivity contribution in [3.05, 3.63) is 49.5 Å². The van der Waals surface area contributed by atoms with Crippen LogP contribution in [0.4, 0.5) is 5.69 Å². The van der Waals surface area contributed by atoms with E-state index < -0.39 is 10.5 Å². The fourth-order valence-corrected chi connectivity index (χ4v) is 1.69. The van der Waals surface area contributed by atoms with Crippen LogP contribution in [0, 0.1) is 10.1 Å². The Labute approximate surface area is 120 Å². The van der Waals surface area contributed by atoms with Gasteiger partial charge in [-0.1, -0.05) is 0 Å². The molecule has 0 saturated carbocycles. The van der Waals surface area contributed by atoms with E-state index >= 15 is 0 Å². The number of hydrogen-bond acceptors (Lipinski definition) is 6. The van der Waals surface area contributed by atoms with Gasteiger partial charge in [-0.3, -0.25) is 14.9 Å². The van der Waals surface area contributed by atoms with E-state index in [4.69, 9.17) is 9.47 Å². The number of nitro groups is 1. The van der Waals surface area contributed by atoms with Gasteiger partial charge in [-0.2, -0.15) is 0 Å². The second-order valence-electron chi connectivity index (χ2n) is 3.54. The van der Waals surface area contributed by atoms with Gasteiger partial charge >= 0.3 is 5.69 Å². The number of H-pyrrole nitrogens is 1. The number of hydrogen-bond donors (Lipinski definition) is 1. The molecule has 1 aromatic carbocycles. The van der Waals surface area contributed by atoms with E-state index in [1.807, 2.05) is 0 Å². The Hall–Kier alpha value is -2.42. The van der Waals surface area contributed by atoms with Crippen LogP contribution in [-0.2, 0) is 0 Å². The Morgan fingerprint density at radius 2 is 2.20 bits per heavy atom. The molecular formula is C11H8BrN3O5. The maximum absolute atomic E-state index is 11.4. The summed E-state index contributed by atoms with van der Waals surface area (Å²) < 4.78 is 10.3. The molecule has 0 fully saturated rings. The largest absolute Gasteiger partial charge is 0.496 e. The zero-order valence-corrected chi connectivity index (χ0v) is 11.7. The Kier molecular flexibility index (Phi) is 3.99. The van der Waals surface area contributed by atoms with Crippen LogP contribution >= 0.6 is 15.9 Å². The van der Waals surface area contributed by atoms with E-state index in [-0.39, 0.29) is 21.8 Å². The smallest absolute Gasteiger partial charge is 0.315 e. The molecule has 0 aliphatic carbocycles. The predicted molar refractivity (Wildman–Crippen MR) is 72.3 cm³/mol. The van der Waals surface area contributed by atoms with Gasteiger partial charge in [-0.05, 0) is 28.1 Å². The minimum atomic E-state index is -0.612. The number of halogens is 1. The highest BCUT2D eigenvalue weighted by Crippen LogP contribution is 2.34. The van der Waals surface area contributed by atoms with E-state index in [0.717, 1.165) is 6.33 Å². The molecule has 0 radical (unpaired) electrons. The predicted octanol–water partition coefficient (Wildman–Crippen LogP) is 2.24. The Morgan fingerprint density at radius 3 is 2.85 bits per heavy atom. The number of ether oxygens (including phenoxy) is 2. The van der Waals surface area contributed by atoms with E-state index in [2.05, 4.69) is 25.9 Å². The number of aromatic amines is 1. The third-order valence-corrected chi connectivity index (χ3v) is 3.03. The molecule has 0 aliphatic heterocycles. The van der Waals surface area contributed by atoms with Gasteiger partial charge in [0.2, 0.25) is 11.6 Å². The van der Waals surface area contributed by atoms with Gasteiger partial charge in [-0.15, -0.1) is 0 Å². The average molecular weight is 342 g/mol. The standard InChI is InChI=1S/C11H8BrN3O5/c1-19-6-2-3-8(7(4-6)15(17)18)20-11-9(12)10(16)13-5-14-11/h2-5H,1H3,(H,13,14,16). The van der Waals surface area contributed by atoms with E-state index in [1.165, 1.54) is 25.3 Å². The molecule has 0 amide bonds. The summed E-state index contributed by atoms with van der Waals surface area (Å²) in [5, 5.41) is 11.0. The van der Waals surface area contributed by atoms with Crippen molar-refractivity contribution in [2.24, 2.45) is 0 Å². The molecule has 104 valence electrons. The maximum Gasteiger partial charge on any atom is 0.315 e. The van der Waals surface area contributed by atoms with Gasteiger partial charge in [0.25, 0.3) is 5.56 Å². The van der Waals surface area contributed by atoms with Gasteiger partial charge in [-0.25, -0.2) is 4.98 Å². The third kappa shape index (κ3) is 2.77. The zero-order chi connectivity index (χ0) is 14.7. The summed E-state index contributed by atoms with van der Waals surface area (Å²) >= 11 is 3.00. The Balaban J connectivity index is 2.45. The van der Waals surface area contributed by atoms with Crippen LogP contribution in [0.15, 0.2) is 33.8 Å². The van der Waals surface area contributed by atoms with Crippen LogP contribution < -0.4 is 15.0 Å². The highest BCUT2D eigenvalue weighted by molar-refractivity contribution is 9.10. The highest BCUT2D eigenvalue weighted by Gasteiger charge is 2.19. The molecule has 9 heteroatoms. The lowest BCUT2D eigenvalue weighted by atomic mass is 10.3. The molecule has 0 unspecified atom stereocenters. The lowest BCUT2D eigenvalue weighted by molar-refractivity contribution is -0.385. The second-order valence-corrected chi connectivity index (χ2v) is 4.34. The molecule has 0 saturated heterocycles. The van der Waals surface area contributed by atoms with Crippen LogP contribution in [0.3, 0.4) is 0 Å². The summed E-state index contributed by atoms with van der Waals surface area (Å²) in [5.74, 6) is 0.207. The first-order valence-corrected chi connectivity index (χ1v) is 6.05. The first kappa shape index (κ1) is 14.0. The maximum atomic E-state index is 11.4. The molecule has 0 atom stereocenters. The molecule has 2 rings (SSSR count). The summed E-state index contributed by atoms with van der Waals surface area (Å²) in [6.45, 7) is 0. The lowest BCUT2D eigenvalue weighted by Gasteiger charge is -2.07. The van der Waals surface area contributed by atoms with Crippen molar-refractivity contribution < 1.29 is 14.4 Å². The first-order chi connectivity index (χ1) is 9.52. The fraction of sp³-hybridized carbons (Fsp3) is 0.0909. The minimum Gasteiger partial charge on any atom is -0.496 e.